The van der Waals surface area contributed by atoms with Gasteiger partial charge in [-0.25, -0.2) is 4.98 Å². The lowest BCUT2D eigenvalue weighted by molar-refractivity contribution is -0.116. The predicted octanol–water partition coefficient (Wildman–Crippen LogP) is 4.66. The van der Waals surface area contributed by atoms with Crippen LogP contribution in [0.1, 0.15) is 5.56 Å². The van der Waals surface area contributed by atoms with Crippen LogP contribution in [0.5, 0.6) is 0 Å². The summed E-state index contributed by atoms with van der Waals surface area (Å²) in [5, 5.41) is 9.27. The molecule has 3 rings (SSSR count). The number of hydrogen-bond donors (Lipinski definition) is 2. The van der Waals surface area contributed by atoms with E-state index in [-0.39, 0.29) is 5.91 Å². The summed E-state index contributed by atoms with van der Waals surface area (Å²) in [7, 11) is 0. The summed E-state index contributed by atoms with van der Waals surface area (Å²) in [6.07, 6.45) is 3.29. The topological polar surface area (TPSA) is 54.0 Å². The zero-order valence-electron chi connectivity index (χ0n) is 13.3. The second-order valence-corrected chi connectivity index (χ2v) is 6.48. The van der Waals surface area contributed by atoms with E-state index in [1.807, 2.05) is 60.0 Å². The summed E-state index contributed by atoms with van der Waals surface area (Å²) in [6.45, 7) is 0.311. The summed E-state index contributed by atoms with van der Waals surface area (Å²) >= 11 is 7.38. The molecule has 6 heteroatoms. The third-order valence-electron chi connectivity index (χ3n) is 3.37. The van der Waals surface area contributed by atoms with Gasteiger partial charge in [-0.1, -0.05) is 54.1 Å². The smallest absolute Gasteiger partial charge is 0.245 e. The van der Waals surface area contributed by atoms with Crippen molar-refractivity contribution in [2.45, 2.75) is 0 Å². The first-order valence-corrected chi connectivity index (χ1v) is 8.93. The van der Waals surface area contributed by atoms with Crippen LogP contribution < -0.4 is 10.6 Å². The number of rotatable bonds is 6. The van der Waals surface area contributed by atoms with Crippen molar-refractivity contribution in [2.75, 3.05) is 12.0 Å². The lowest BCUT2D eigenvalue weighted by Gasteiger charge is -2.03. The number of nitrogens with one attached hydrogen (secondary N) is 2. The highest BCUT2D eigenvalue weighted by atomic mass is 35.5. The highest BCUT2D eigenvalue weighted by Crippen LogP contribution is 2.25. The van der Waals surface area contributed by atoms with E-state index in [2.05, 4.69) is 15.6 Å². The Kier molecular flexibility index (Phi) is 5.82. The molecule has 1 aromatic heterocycles. The molecule has 0 atom stereocenters. The van der Waals surface area contributed by atoms with E-state index in [1.165, 1.54) is 17.4 Å². The average Bonchev–Trinajstić information content (AvgIpc) is 3.10. The van der Waals surface area contributed by atoms with Gasteiger partial charge in [-0.15, -0.1) is 11.3 Å². The molecule has 0 bridgehead atoms. The lowest BCUT2D eigenvalue weighted by Crippen LogP contribution is -2.27. The minimum absolute atomic E-state index is 0.161. The molecule has 1 heterocycles. The number of hydrogen-bond acceptors (Lipinski definition) is 4. The van der Waals surface area contributed by atoms with Gasteiger partial charge in [0, 0.05) is 22.0 Å². The SMILES string of the molecule is O=C(/C=C/c1ccccc1)NCNc1nc(-c2ccc(Cl)cc2)cs1. The number of nitrogens with zero attached hydrogens (tertiary/aromatic N) is 1. The minimum atomic E-state index is -0.161. The molecule has 0 aliphatic rings. The maximum Gasteiger partial charge on any atom is 0.245 e. The van der Waals surface area contributed by atoms with Crippen LogP contribution in [0.25, 0.3) is 17.3 Å². The van der Waals surface area contributed by atoms with Crippen molar-refractivity contribution in [1.29, 1.82) is 0 Å². The number of halogens is 1. The van der Waals surface area contributed by atoms with Crippen molar-refractivity contribution in [1.82, 2.24) is 10.3 Å². The monoisotopic (exact) mass is 369 g/mol. The van der Waals surface area contributed by atoms with Gasteiger partial charge in [-0.05, 0) is 23.8 Å². The quantitative estimate of drug-likeness (QED) is 0.490. The highest BCUT2D eigenvalue weighted by molar-refractivity contribution is 7.14. The molecule has 0 saturated heterocycles. The van der Waals surface area contributed by atoms with E-state index >= 15 is 0 Å². The number of carbonyl (C=O) groups is 1. The molecule has 0 saturated carbocycles. The Morgan fingerprint density at radius 3 is 2.64 bits per heavy atom. The fourth-order valence-corrected chi connectivity index (χ4v) is 2.95. The van der Waals surface area contributed by atoms with Crippen molar-refractivity contribution >= 4 is 40.1 Å². The van der Waals surface area contributed by atoms with Gasteiger partial charge < -0.3 is 10.6 Å². The Hall–Kier alpha value is -2.63. The zero-order valence-corrected chi connectivity index (χ0v) is 14.8. The van der Waals surface area contributed by atoms with Crippen LogP contribution in [0.3, 0.4) is 0 Å². The average molecular weight is 370 g/mol. The summed E-state index contributed by atoms with van der Waals surface area (Å²) in [5.41, 5.74) is 2.86. The van der Waals surface area contributed by atoms with Crippen molar-refractivity contribution in [3.05, 3.63) is 76.6 Å². The normalized spacial score (nSPS) is 10.8. The standard InChI is InChI=1S/C19H16ClN3OS/c20-16-9-7-15(8-10-16)17-12-25-19(23-17)22-13-21-18(24)11-6-14-4-2-1-3-5-14/h1-12H,13H2,(H,21,24)(H,22,23)/b11-6+. The number of benzene rings is 2. The fraction of sp³-hybridized carbons (Fsp3) is 0.0526. The van der Waals surface area contributed by atoms with Gasteiger partial charge in [0.1, 0.15) is 0 Å². The van der Waals surface area contributed by atoms with Crippen LogP contribution in [-0.2, 0) is 4.79 Å². The lowest BCUT2D eigenvalue weighted by atomic mass is 10.2. The Labute approximate surface area is 155 Å². The molecule has 2 N–H and O–H groups in total. The maximum atomic E-state index is 11.8. The van der Waals surface area contributed by atoms with E-state index in [1.54, 1.807) is 6.08 Å². The number of amides is 1. The maximum absolute atomic E-state index is 11.8. The van der Waals surface area contributed by atoms with Crippen LogP contribution in [-0.4, -0.2) is 17.6 Å². The van der Waals surface area contributed by atoms with E-state index in [9.17, 15) is 4.79 Å². The largest absolute Gasteiger partial charge is 0.344 e. The van der Waals surface area contributed by atoms with Crippen LogP contribution >= 0.6 is 22.9 Å². The molecule has 0 aliphatic heterocycles. The summed E-state index contributed by atoms with van der Waals surface area (Å²) in [4.78, 5) is 16.3. The van der Waals surface area contributed by atoms with Gasteiger partial charge in [-0.2, -0.15) is 0 Å². The first-order valence-electron chi connectivity index (χ1n) is 7.67. The molecule has 3 aromatic rings. The second kappa shape index (κ2) is 8.46. The van der Waals surface area contributed by atoms with Gasteiger partial charge in [0.25, 0.3) is 0 Å². The Balaban J connectivity index is 1.48. The molecule has 0 aliphatic carbocycles. The van der Waals surface area contributed by atoms with Crippen LogP contribution in [0.2, 0.25) is 5.02 Å². The summed E-state index contributed by atoms with van der Waals surface area (Å²) in [5.74, 6) is -0.161. The van der Waals surface area contributed by atoms with E-state index in [0.29, 0.717) is 11.7 Å². The third kappa shape index (κ3) is 5.17. The second-order valence-electron chi connectivity index (χ2n) is 5.18. The predicted molar refractivity (Wildman–Crippen MR) is 105 cm³/mol. The fourth-order valence-electron chi connectivity index (χ4n) is 2.11. The van der Waals surface area contributed by atoms with Crippen molar-refractivity contribution in [3.8, 4) is 11.3 Å². The molecule has 126 valence electrons. The number of carbonyl (C=O) groups excluding carboxylic acids is 1. The van der Waals surface area contributed by atoms with E-state index in [4.69, 9.17) is 11.6 Å². The van der Waals surface area contributed by atoms with Crippen LogP contribution in [0.15, 0.2) is 66.1 Å². The molecule has 0 radical (unpaired) electrons. The Morgan fingerprint density at radius 2 is 1.88 bits per heavy atom. The molecule has 0 spiro atoms. The third-order valence-corrected chi connectivity index (χ3v) is 4.43. The van der Waals surface area contributed by atoms with Gasteiger partial charge in [-0.3, -0.25) is 4.79 Å². The first kappa shape index (κ1) is 17.2. The van der Waals surface area contributed by atoms with Gasteiger partial charge in [0.05, 0.1) is 12.4 Å². The molecule has 0 unspecified atom stereocenters. The molecular formula is C19H16ClN3OS. The highest BCUT2D eigenvalue weighted by Gasteiger charge is 2.04. The number of aromatic nitrogens is 1. The molecule has 4 nitrogen and oxygen atoms in total. The number of thiazole rings is 1. The van der Waals surface area contributed by atoms with Crippen molar-refractivity contribution in [2.24, 2.45) is 0 Å². The van der Waals surface area contributed by atoms with Crippen LogP contribution in [0, 0.1) is 0 Å². The minimum Gasteiger partial charge on any atom is -0.344 e. The Morgan fingerprint density at radius 1 is 1.12 bits per heavy atom. The van der Waals surface area contributed by atoms with Gasteiger partial charge >= 0.3 is 0 Å². The van der Waals surface area contributed by atoms with Gasteiger partial charge in [0.15, 0.2) is 5.13 Å². The van der Waals surface area contributed by atoms with E-state index in [0.717, 1.165) is 22.0 Å². The van der Waals surface area contributed by atoms with Gasteiger partial charge in [0.2, 0.25) is 5.91 Å². The molecule has 1 amide bonds. The molecule has 2 aromatic carbocycles. The summed E-state index contributed by atoms with van der Waals surface area (Å²) in [6, 6.07) is 17.2. The molecular weight excluding hydrogens is 354 g/mol. The summed E-state index contributed by atoms with van der Waals surface area (Å²) < 4.78 is 0. The first-order chi connectivity index (χ1) is 12.2. The number of anilines is 1. The molecule has 25 heavy (non-hydrogen) atoms. The van der Waals surface area contributed by atoms with Crippen molar-refractivity contribution < 1.29 is 4.79 Å². The van der Waals surface area contributed by atoms with E-state index < -0.39 is 0 Å². The zero-order chi connectivity index (χ0) is 17.5. The van der Waals surface area contributed by atoms with Crippen LogP contribution in [0.4, 0.5) is 5.13 Å². The van der Waals surface area contributed by atoms with Crippen molar-refractivity contribution in [3.63, 3.8) is 0 Å². The Bertz CT molecular complexity index is 860. The molecule has 0 fully saturated rings.